The lowest BCUT2D eigenvalue weighted by molar-refractivity contribution is 0.581. The molecule has 1 aromatic rings. The van der Waals surface area contributed by atoms with Gasteiger partial charge >= 0.3 is 0 Å². The highest BCUT2D eigenvalue weighted by Crippen LogP contribution is 2.20. The van der Waals surface area contributed by atoms with E-state index in [2.05, 4.69) is 15.6 Å². The summed E-state index contributed by atoms with van der Waals surface area (Å²) in [5, 5.41) is 6.27. The number of anilines is 1. The number of nitrogens with zero attached hydrogens (tertiary/aromatic N) is 2. The minimum Gasteiger partial charge on any atom is -0.370 e. The van der Waals surface area contributed by atoms with Crippen LogP contribution in [-0.4, -0.2) is 52.6 Å². The molecule has 0 fully saturated rings. The van der Waals surface area contributed by atoms with E-state index in [4.69, 9.17) is 0 Å². The third-order valence-corrected chi connectivity index (χ3v) is 5.08. The van der Waals surface area contributed by atoms with Crippen molar-refractivity contribution in [3.63, 3.8) is 0 Å². The zero-order chi connectivity index (χ0) is 19.7. The summed E-state index contributed by atoms with van der Waals surface area (Å²) in [6.07, 6.45) is 1.72. The number of guanidine groups is 1. The van der Waals surface area contributed by atoms with Gasteiger partial charge in [-0.25, -0.2) is 12.8 Å². The smallest absolute Gasteiger partial charge is 0.191 e. The number of nitrogens with one attached hydrogen (secondary N) is 2. The minimum absolute atomic E-state index is 0.0438. The van der Waals surface area contributed by atoms with Gasteiger partial charge in [0, 0.05) is 39.0 Å². The Labute approximate surface area is 156 Å². The first kappa shape index (κ1) is 22.2. The average molecular weight is 387 g/mol. The van der Waals surface area contributed by atoms with Gasteiger partial charge in [0.15, 0.2) is 5.96 Å². The van der Waals surface area contributed by atoms with E-state index in [0.717, 1.165) is 18.7 Å². The maximum Gasteiger partial charge on any atom is 0.191 e. The van der Waals surface area contributed by atoms with Crippen LogP contribution >= 0.6 is 0 Å². The fraction of sp³-hybridized carbons (Fsp3) is 0.611. The van der Waals surface area contributed by atoms with Crippen LogP contribution < -0.4 is 15.5 Å². The molecule has 2 N–H and O–H groups in total. The molecule has 1 rings (SSSR count). The van der Waals surface area contributed by atoms with E-state index in [-0.39, 0.29) is 17.6 Å². The molecule has 148 valence electrons. The molecular formula is C18H31FN4O2S. The maximum atomic E-state index is 14.3. The van der Waals surface area contributed by atoms with Crippen molar-refractivity contribution in [2.24, 2.45) is 4.99 Å². The van der Waals surface area contributed by atoms with Crippen molar-refractivity contribution in [2.75, 3.05) is 37.0 Å². The Hall–Kier alpha value is -1.83. The normalized spacial score (nSPS) is 13.4. The molecule has 0 saturated heterocycles. The molecule has 0 saturated carbocycles. The maximum absolute atomic E-state index is 14.3. The predicted octanol–water partition coefficient (Wildman–Crippen LogP) is 2.16. The van der Waals surface area contributed by atoms with Gasteiger partial charge in [0.1, 0.15) is 15.7 Å². The van der Waals surface area contributed by atoms with Gasteiger partial charge < -0.3 is 15.5 Å². The number of halogens is 1. The third-order valence-electron chi connectivity index (χ3n) is 4.10. The van der Waals surface area contributed by atoms with Crippen molar-refractivity contribution in [1.82, 2.24) is 10.6 Å². The van der Waals surface area contributed by atoms with E-state index < -0.39 is 9.84 Å². The van der Waals surface area contributed by atoms with Crippen molar-refractivity contribution >= 4 is 21.5 Å². The molecule has 1 unspecified atom stereocenters. The monoisotopic (exact) mass is 386 g/mol. The Morgan fingerprint density at radius 3 is 2.46 bits per heavy atom. The summed E-state index contributed by atoms with van der Waals surface area (Å²) in [4.78, 5) is 6.09. The zero-order valence-corrected chi connectivity index (χ0v) is 17.2. The Balaban J connectivity index is 2.62. The van der Waals surface area contributed by atoms with E-state index in [9.17, 15) is 12.8 Å². The van der Waals surface area contributed by atoms with Crippen LogP contribution in [-0.2, 0) is 16.4 Å². The fourth-order valence-corrected chi connectivity index (χ4v) is 3.34. The van der Waals surface area contributed by atoms with Gasteiger partial charge in [-0.1, -0.05) is 6.07 Å². The number of aliphatic imine (C=N–C) groups is 1. The molecule has 0 aliphatic heterocycles. The zero-order valence-electron chi connectivity index (χ0n) is 16.3. The average Bonchev–Trinajstić information content (AvgIpc) is 2.58. The lowest BCUT2D eigenvalue weighted by Crippen LogP contribution is -2.42. The molecule has 0 aromatic heterocycles. The van der Waals surface area contributed by atoms with Crippen LogP contribution in [0.3, 0.4) is 0 Å². The summed E-state index contributed by atoms with van der Waals surface area (Å²) in [7, 11) is -1.34. The Morgan fingerprint density at radius 2 is 1.96 bits per heavy atom. The first-order valence-corrected chi connectivity index (χ1v) is 10.9. The van der Waals surface area contributed by atoms with Crippen molar-refractivity contribution in [3.05, 3.63) is 29.6 Å². The van der Waals surface area contributed by atoms with Crippen LogP contribution in [0.5, 0.6) is 0 Å². The topological polar surface area (TPSA) is 73.8 Å². The standard InChI is InChI=1S/C18H31FN4O2S/c1-6-23(7-2)17-9-8-15(12-16(17)19)13-21-18(20-4)22-14(3)10-11-26(5,24)25/h8-9,12,14H,6-7,10-11,13H2,1-5H3,(H2,20,21,22). The molecule has 1 atom stereocenters. The van der Waals surface area contributed by atoms with E-state index in [1.54, 1.807) is 13.1 Å². The highest BCUT2D eigenvalue weighted by atomic mass is 32.2. The number of hydrogen-bond acceptors (Lipinski definition) is 4. The van der Waals surface area contributed by atoms with Crippen molar-refractivity contribution in [1.29, 1.82) is 0 Å². The number of rotatable bonds is 9. The van der Waals surface area contributed by atoms with Crippen LogP contribution in [0, 0.1) is 5.82 Å². The summed E-state index contributed by atoms with van der Waals surface area (Å²) in [5.41, 5.74) is 1.42. The quantitative estimate of drug-likeness (QED) is 0.503. The Kier molecular flexibility index (Phi) is 8.84. The minimum atomic E-state index is -2.98. The van der Waals surface area contributed by atoms with E-state index in [0.29, 0.717) is 24.6 Å². The van der Waals surface area contributed by atoms with E-state index in [1.807, 2.05) is 31.7 Å². The number of benzene rings is 1. The van der Waals surface area contributed by atoms with E-state index >= 15 is 0 Å². The molecule has 26 heavy (non-hydrogen) atoms. The second-order valence-corrected chi connectivity index (χ2v) is 8.61. The molecule has 0 aliphatic carbocycles. The molecule has 0 heterocycles. The number of sulfone groups is 1. The number of hydrogen-bond donors (Lipinski definition) is 2. The van der Waals surface area contributed by atoms with Gasteiger partial charge in [0.2, 0.25) is 0 Å². The molecule has 0 bridgehead atoms. The summed E-state index contributed by atoms with van der Waals surface area (Å²) in [6.45, 7) is 7.84. The van der Waals surface area contributed by atoms with Gasteiger partial charge in [-0.2, -0.15) is 0 Å². The molecule has 1 aromatic carbocycles. The largest absolute Gasteiger partial charge is 0.370 e. The van der Waals surface area contributed by atoms with Crippen LogP contribution in [0.1, 0.15) is 32.8 Å². The first-order chi connectivity index (χ1) is 12.2. The first-order valence-electron chi connectivity index (χ1n) is 8.88. The van der Waals surface area contributed by atoms with Gasteiger partial charge in [-0.3, -0.25) is 4.99 Å². The predicted molar refractivity (Wildman–Crippen MR) is 107 cm³/mol. The summed E-state index contributed by atoms with van der Waals surface area (Å²) in [6, 6.07) is 5.17. The van der Waals surface area contributed by atoms with Crippen molar-refractivity contribution < 1.29 is 12.8 Å². The van der Waals surface area contributed by atoms with Gasteiger partial charge in [0.05, 0.1) is 11.4 Å². The van der Waals surface area contributed by atoms with Gasteiger partial charge in [-0.15, -0.1) is 0 Å². The SMILES string of the molecule is CCN(CC)c1ccc(CNC(=NC)NC(C)CCS(C)(=O)=O)cc1F. The second-order valence-electron chi connectivity index (χ2n) is 6.35. The molecular weight excluding hydrogens is 355 g/mol. The molecule has 0 aliphatic rings. The Bertz CT molecular complexity index is 703. The van der Waals surface area contributed by atoms with Crippen LogP contribution in [0.4, 0.5) is 10.1 Å². The third kappa shape index (κ3) is 7.59. The second kappa shape index (κ2) is 10.4. The molecule has 0 amide bonds. The van der Waals surface area contributed by atoms with Crippen LogP contribution in [0.15, 0.2) is 23.2 Å². The fourth-order valence-electron chi connectivity index (χ4n) is 2.56. The summed E-state index contributed by atoms with van der Waals surface area (Å²) >= 11 is 0. The summed E-state index contributed by atoms with van der Waals surface area (Å²) in [5.74, 6) is 0.438. The molecule has 8 heteroatoms. The highest BCUT2D eigenvalue weighted by Gasteiger charge is 2.11. The molecule has 0 spiro atoms. The van der Waals surface area contributed by atoms with Gasteiger partial charge in [0.25, 0.3) is 0 Å². The molecule has 6 nitrogen and oxygen atoms in total. The lowest BCUT2D eigenvalue weighted by atomic mass is 10.1. The van der Waals surface area contributed by atoms with Crippen LogP contribution in [0.2, 0.25) is 0 Å². The lowest BCUT2D eigenvalue weighted by Gasteiger charge is -2.22. The van der Waals surface area contributed by atoms with Crippen LogP contribution in [0.25, 0.3) is 0 Å². The summed E-state index contributed by atoms with van der Waals surface area (Å²) < 4.78 is 36.8. The Morgan fingerprint density at radius 1 is 1.31 bits per heavy atom. The van der Waals surface area contributed by atoms with Gasteiger partial charge in [-0.05, 0) is 44.9 Å². The van der Waals surface area contributed by atoms with E-state index in [1.165, 1.54) is 12.3 Å². The molecule has 0 radical (unpaired) electrons. The van der Waals surface area contributed by atoms with Crippen molar-refractivity contribution in [2.45, 2.75) is 39.8 Å². The highest BCUT2D eigenvalue weighted by molar-refractivity contribution is 7.90. The van der Waals surface area contributed by atoms with Crippen molar-refractivity contribution in [3.8, 4) is 0 Å².